The van der Waals surface area contributed by atoms with Crippen LogP contribution in [0.3, 0.4) is 0 Å². The van der Waals surface area contributed by atoms with Crippen LogP contribution in [0.15, 0.2) is 53.9 Å². The molecule has 1 saturated heterocycles. The van der Waals surface area contributed by atoms with E-state index >= 15 is 0 Å². The molecule has 6 heteroatoms. The highest BCUT2D eigenvalue weighted by Gasteiger charge is 2.67. The summed E-state index contributed by atoms with van der Waals surface area (Å²) in [7, 11) is 0. The monoisotopic (exact) mass is 391 g/mol. The molecule has 1 aromatic heterocycles. The summed E-state index contributed by atoms with van der Waals surface area (Å²) in [6, 6.07) is 10.1. The maximum absolute atomic E-state index is 13.1. The van der Waals surface area contributed by atoms with Crippen molar-refractivity contribution in [2.24, 2.45) is 35.5 Å². The number of carbonyl (C=O) groups is 3. The first-order valence-electron chi connectivity index (χ1n) is 9.55. The van der Waals surface area contributed by atoms with Gasteiger partial charge in [0.15, 0.2) is 0 Å². The van der Waals surface area contributed by atoms with E-state index in [9.17, 15) is 14.4 Å². The molecule has 28 heavy (non-hydrogen) atoms. The third-order valence-electron chi connectivity index (χ3n) is 6.69. The average molecular weight is 391 g/mol. The lowest BCUT2D eigenvalue weighted by molar-refractivity contribution is -0.124. The van der Waals surface area contributed by atoms with Gasteiger partial charge in [-0.1, -0.05) is 18.2 Å². The average Bonchev–Trinajstić information content (AvgIpc) is 3.27. The molecule has 5 aliphatic rings. The van der Waals surface area contributed by atoms with Crippen molar-refractivity contribution in [2.75, 3.05) is 4.90 Å². The van der Waals surface area contributed by atoms with E-state index in [-0.39, 0.29) is 35.5 Å². The van der Waals surface area contributed by atoms with Crippen LogP contribution < -0.4 is 9.64 Å². The van der Waals surface area contributed by atoms with Crippen molar-refractivity contribution >= 4 is 34.8 Å². The molecule has 140 valence electrons. The summed E-state index contributed by atoms with van der Waals surface area (Å²) in [6.45, 7) is 0. The van der Waals surface area contributed by atoms with Gasteiger partial charge in [-0.15, -0.1) is 11.3 Å². The lowest BCUT2D eigenvalue weighted by Gasteiger charge is -2.37. The Morgan fingerprint density at radius 1 is 0.964 bits per heavy atom. The third kappa shape index (κ3) is 2.15. The van der Waals surface area contributed by atoms with Crippen molar-refractivity contribution in [2.45, 2.75) is 6.42 Å². The number of benzene rings is 1. The molecular weight excluding hydrogens is 374 g/mol. The minimum atomic E-state index is -0.413. The van der Waals surface area contributed by atoms with Crippen LogP contribution >= 0.6 is 11.3 Å². The zero-order valence-electron chi connectivity index (χ0n) is 14.9. The lowest BCUT2D eigenvalue weighted by Crippen LogP contribution is -2.40. The summed E-state index contributed by atoms with van der Waals surface area (Å²) in [5.74, 6) is 1.01. The summed E-state index contributed by atoms with van der Waals surface area (Å²) in [6.07, 6.45) is 5.49. The van der Waals surface area contributed by atoms with Crippen LogP contribution in [0.5, 0.6) is 5.75 Å². The first-order chi connectivity index (χ1) is 13.6. The van der Waals surface area contributed by atoms with Gasteiger partial charge >= 0.3 is 5.97 Å². The molecule has 3 fully saturated rings. The summed E-state index contributed by atoms with van der Waals surface area (Å²) >= 11 is 1.32. The van der Waals surface area contributed by atoms with E-state index in [0.717, 1.165) is 6.42 Å². The van der Waals surface area contributed by atoms with Crippen LogP contribution in [-0.4, -0.2) is 17.8 Å². The summed E-state index contributed by atoms with van der Waals surface area (Å²) in [4.78, 5) is 40.2. The number of rotatable bonds is 3. The minimum absolute atomic E-state index is 0.0805. The summed E-state index contributed by atoms with van der Waals surface area (Å²) in [5, 5.41) is 1.82. The number of ether oxygens (including phenoxy) is 1. The van der Waals surface area contributed by atoms with E-state index < -0.39 is 5.97 Å². The van der Waals surface area contributed by atoms with E-state index in [1.165, 1.54) is 16.2 Å². The standard InChI is InChI=1S/C22H17NO4S/c24-20-18-13-7-8-14(16-10-15(13)16)19(18)21(25)23(20)11-3-5-12(6-4-11)27-22(26)17-2-1-9-28-17/h1-9,13-16,18-19H,10H2/t13-,14-,15-,16-,18-,19+/m0/s1. The van der Waals surface area contributed by atoms with Gasteiger partial charge in [-0.3, -0.25) is 14.5 Å². The number of amides is 2. The smallest absolute Gasteiger partial charge is 0.353 e. The molecule has 2 amide bonds. The van der Waals surface area contributed by atoms with Gasteiger partial charge in [0.05, 0.1) is 17.5 Å². The Bertz CT molecular complexity index is 989. The first-order valence-corrected chi connectivity index (χ1v) is 10.4. The van der Waals surface area contributed by atoms with E-state index in [1.807, 2.05) is 5.38 Å². The van der Waals surface area contributed by atoms with Gasteiger partial charge < -0.3 is 4.74 Å². The van der Waals surface area contributed by atoms with E-state index in [2.05, 4.69) is 12.2 Å². The van der Waals surface area contributed by atoms with Crippen molar-refractivity contribution in [3.63, 3.8) is 0 Å². The molecule has 4 aliphatic carbocycles. The number of thiophene rings is 1. The Hall–Kier alpha value is -2.73. The maximum atomic E-state index is 13.1. The number of hydrogen-bond acceptors (Lipinski definition) is 5. The molecule has 5 nitrogen and oxygen atoms in total. The number of anilines is 1. The fraction of sp³-hybridized carbons (Fsp3) is 0.318. The Balaban J connectivity index is 1.25. The second-order valence-electron chi connectivity index (χ2n) is 8.03. The van der Waals surface area contributed by atoms with Crippen LogP contribution in [0.2, 0.25) is 0 Å². The van der Waals surface area contributed by atoms with Crippen LogP contribution in [0.1, 0.15) is 16.1 Å². The van der Waals surface area contributed by atoms with Gasteiger partial charge in [-0.05, 0) is 65.8 Å². The maximum Gasteiger partial charge on any atom is 0.353 e. The number of carbonyl (C=O) groups excluding carboxylic acids is 3. The molecule has 2 saturated carbocycles. The number of esters is 1. The molecule has 0 radical (unpaired) electrons. The van der Waals surface area contributed by atoms with Crippen LogP contribution in [0, 0.1) is 35.5 Å². The Morgan fingerprint density at radius 2 is 1.61 bits per heavy atom. The predicted molar refractivity (Wildman–Crippen MR) is 103 cm³/mol. The van der Waals surface area contributed by atoms with Gasteiger partial charge in [-0.2, -0.15) is 0 Å². The molecule has 0 spiro atoms. The Morgan fingerprint density at radius 3 is 2.18 bits per heavy atom. The largest absolute Gasteiger partial charge is 0.422 e. The normalized spacial score (nSPS) is 34.4. The fourth-order valence-corrected chi connectivity index (χ4v) is 6.03. The fourth-order valence-electron chi connectivity index (χ4n) is 5.43. The second kappa shape index (κ2) is 5.64. The van der Waals surface area contributed by atoms with Gasteiger partial charge in [0.1, 0.15) is 10.6 Å². The van der Waals surface area contributed by atoms with Crippen LogP contribution in [-0.2, 0) is 9.59 Å². The van der Waals surface area contributed by atoms with Crippen molar-refractivity contribution in [1.82, 2.24) is 0 Å². The molecule has 7 rings (SSSR count). The highest BCUT2D eigenvalue weighted by atomic mass is 32.1. The SMILES string of the molecule is O=C(Oc1ccc(N2C(=O)[C@@H]3[C@H]4C=C[C@@H]([C@@H]5C[C@@H]45)[C@@H]3C2=O)cc1)c1cccs1. The zero-order valence-corrected chi connectivity index (χ0v) is 15.7. The number of hydrogen-bond donors (Lipinski definition) is 0. The number of imide groups is 1. The zero-order chi connectivity index (χ0) is 19.0. The lowest BCUT2D eigenvalue weighted by atomic mass is 9.63. The number of nitrogens with zero attached hydrogens (tertiary/aromatic N) is 1. The Kier molecular flexibility index (Phi) is 3.27. The van der Waals surface area contributed by atoms with Crippen molar-refractivity contribution in [1.29, 1.82) is 0 Å². The quantitative estimate of drug-likeness (QED) is 0.348. The van der Waals surface area contributed by atoms with Crippen LogP contribution in [0.4, 0.5) is 5.69 Å². The summed E-state index contributed by atoms with van der Waals surface area (Å²) < 4.78 is 5.36. The summed E-state index contributed by atoms with van der Waals surface area (Å²) in [5.41, 5.74) is 0.549. The predicted octanol–water partition coefficient (Wildman–Crippen LogP) is 3.52. The Labute approximate surface area is 165 Å². The molecule has 2 aromatic rings. The molecule has 6 atom stereocenters. The van der Waals surface area contributed by atoms with Gasteiger partial charge in [0, 0.05) is 0 Å². The molecule has 2 heterocycles. The molecule has 2 bridgehead atoms. The molecule has 0 unspecified atom stereocenters. The van der Waals surface area contributed by atoms with Crippen molar-refractivity contribution in [3.8, 4) is 5.75 Å². The molecule has 0 N–H and O–H groups in total. The van der Waals surface area contributed by atoms with Crippen molar-refractivity contribution in [3.05, 3.63) is 58.8 Å². The van der Waals surface area contributed by atoms with E-state index in [4.69, 9.17) is 4.74 Å². The molecular formula is C22H17NO4S. The van der Waals surface area contributed by atoms with E-state index in [1.54, 1.807) is 36.4 Å². The molecule has 1 aromatic carbocycles. The van der Waals surface area contributed by atoms with Gasteiger partial charge in [-0.25, -0.2) is 4.79 Å². The second-order valence-corrected chi connectivity index (χ2v) is 8.97. The third-order valence-corrected chi connectivity index (χ3v) is 7.54. The molecule has 1 aliphatic heterocycles. The number of allylic oxidation sites excluding steroid dienone is 2. The van der Waals surface area contributed by atoms with Gasteiger partial charge in [0.25, 0.3) is 0 Å². The van der Waals surface area contributed by atoms with E-state index in [0.29, 0.717) is 28.1 Å². The van der Waals surface area contributed by atoms with Crippen LogP contribution in [0.25, 0.3) is 0 Å². The highest BCUT2D eigenvalue weighted by Crippen LogP contribution is 2.65. The topological polar surface area (TPSA) is 63.7 Å². The highest BCUT2D eigenvalue weighted by molar-refractivity contribution is 7.12. The minimum Gasteiger partial charge on any atom is -0.422 e. The van der Waals surface area contributed by atoms with Crippen molar-refractivity contribution < 1.29 is 19.1 Å². The van der Waals surface area contributed by atoms with Gasteiger partial charge in [0.2, 0.25) is 11.8 Å². The first kappa shape index (κ1) is 16.2.